The van der Waals surface area contributed by atoms with Crippen LogP contribution in [0, 0.1) is 16.7 Å². The molecule has 30 heavy (non-hydrogen) atoms. The Bertz CT molecular complexity index is 1130. The fraction of sp³-hybridized carbons (Fsp3) is 0.304. The molecule has 6 nitrogen and oxygen atoms in total. The van der Waals surface area contributed by atoms with Crippen LogP contribution in [0.4, 0.5) is 0 Å². The highest BCUT2D eigenvalue weighted by Crippen LogP contribution is 2.27. The predicted octanol–water partition coefficient (Wildman–Crippen LogP) is 2.95. The lowest BCUT2D eigenvalue weighted by atomic mass is 9.95. The second kappa shape index (κ2) is 8.88. The zero-order valence-corrected chi connectivity index (χ0v) is 18.0. The number of nitrogens with two attached hydrogens (primary N) is 1. The van der Waals surface area contributed by atoms with Crippen molar-refractivity contribution < 1.29 is 20.0 Å². The van der Waals surface area contributed by atoms with E-state index in [1.807, 2.05) is 30.5 Å². The molecule has 3 N–H and O–H groups in total. The van der Waals surface area contributed by atoms with Crippen molar-refractivity contribution in [2.75, 3.05) is 20.3 Å². The van der Waals surface area contributed by atoms with Gasteiger partial charge in [0.15, 0.2) is 0 Å². The number of hydrogen-bond donors (Lipinski definition) is 2. The van der Waals surface area contributed by atoms with E-state index in [1.165, 1.54) is 0 Å². The van der Waals surface area contributed by atoms with Crippen molar-refractivity contribution in [2.24, 2.45) is 5.41 Å². The molecule has 1 heterocycles. The van der Waals surface area contributed by atoms with Gasteiger partial charge < -0.3 is 14.4 Å². The van der Waals surface area contributed by atoms with E-state index < -0.39 is 0 Å². The first-order chi connectivity index (χ1) is 14.3. The van der Waals surface area contributed by atoms with Crippen LogP contribution >= 0.6 is 11.6 Å². The number of carbonyl (C=O) groups is 1. The summed E-state index contributed by atoms with van der Waals surface area (Å²) in [6.45, 7) is 4.64. The highest BCUT2D eigenvalue weighted by molar-refractivity contribution is 6.30. The van der Waals surface area contributed by atoms with Gasteiger partial charge >= 0.3 is 5.91 Å². The van der Waals surface area contributed by atoms with Crippen LogP contribution in [0.2, 0.25) is 5.02 Å². The standard InChI is InChI=1S/C23H24ClN3O3/c1-23(2,14-28)13-26-22(29)20-10-16-8-15(11-25)4-6-19(16)27(20)12-17-9-18(24)5-7-21(17)30-3/h4-10,28H,12-14H2,1-3H3,(H,26,29)/p+1. The fourth-order valence-corrected chi connectivity index (χ4v) is 3.49. The molecule has 7 heteroatoms. The number of primary amides is 1. The molecule has 3 aromatic rings. The van der Waals surface area contributed by atoms with Crippen molar-refractivity contribution in [3.63, 3.8) is 0 Å². The summed E-state index contributed by atoms with van der Waals surface area (Å²) in [5.41, 5.74) is 2.35. The summed E-state index contributed by atoms with van der Waals surface area (Å²) in [6, 6.07) is 14.7. The first kappa shape index (κ1) is 21.8. The van der Waals surface area contributed by atoms with E-state index in [9.17, 15) is 15.2 Å². The van der Waals surface area contributed by atoms with E-state index in [4.69, 9.17) is 16.3 Å². The van der Waals surface area contributed by atoms with Crippen LogP contribution in [0.5, 0.6) is 5.75 Å². The number of nitrogens with zero attached hydrogens (tertiary/aromatic N) is 2. The third-order valence-electron chi connectivity index (χ3n) is 5.12. The normalized spacial score (nSPS) is 11.5. The minimum absolute atomic E-state index is 0.00892. The summed E-state index contributed by atoms with van der Waals surface area (Å²) in [5.74, 6) is 0.547. The number of aliphatic hydroxyl groups excluding tert-OH is 1. The Labute approximate surface area is 180 Å². The summed E-state index contributed by atoms with van der Waals surface area (Å²) < 4.78 is 7.38. The second-order valence-electron chi connectivity index (χ2n) is 8.05. The van der Waals surface area contributed by atoms with Crippen molar-refractivity contribution in [3.8, 4) is 11.8 Å². The molecule has 0 bridgehead atoms. The molecule has 0 aliphatic heterocycles. The third-order valence-corrected chi connectivity index (χ3v) is 5.36. The van der Waals surface area contributed by atoms with Crippen LogP contribution in [0.15, 0.2) is 42.5 Å². The van der Waals surface area contributed by atoms with Crippen LogP contribution in [0.3, 0.4) is 0 Å². The molecule has 0 atom stereocenters. The number of rotatable bonds is 7. The van der Waals surface area contributed by atoms with Gasteiger partial charge in [-0.3, -0.25) is 5.32 Å². The number of halogens is 1. The smallest absolute Gasteiger partial charge is 0.359 e. The molecular weight excluding hydrogens is 402 g/mol. The Hall–Kier alpha value is -2.85. The van der Waals surface area contributed by atoms with E-state index >= 15 is 0 Å². The maximum atomic E-state index is 13.1. The Morgan fingerprint density at radius 2 is 2.03 bits per heavy atom. The molecule has 0 spiro atoms. The van der Waals surface area contributed by atoms with Crippen molar-refractivity contribution in [3.05, 3.63) is 64.3 Å². The van der Waals surface area contributed by atoms with Gasteiger partial charge in [-0.2, -0.15) is 5.26 Å². The number of fused-ring (bicyclic) bond motifs is 1. The summed E-state index contributed by atoms with van der Waals surface area (Å²) in [6.07, 6.45) is 0. The van der Waals surface area contributed by atoms with E-state index in [1.54, 1.807) is 42.8 Å². The Morgan fingerprint density at radius 3 is 2.70 bits per heavy atom. The lowest BCUT2D eigenvalue weighted by Crippen LogP contribution is -2.90. The predicted molar refractivity (Wildman–Crippen MR) is 116 cm³/mol. The zero-order chi connectivity index (χ0) is 21.9. The van der Waals surface area contributed by atoms with Gasteiger partial charge in [0.1, 0.15) is 11.4 Å². The van der Waals surface area contributed by atoms with Gasteiger partial charge in [0.2, 0.25) is 0 Å². The average molecular weight is 427 g/mol. The van der Waals surface area contributed by atoms with Gasteiger partial charge in [-0.25, -0.2) is 4.79 Å². The third kappa shape index (κ3) is 4.65. The maximum Gasteiger partial charge on any atom is 0.359 e. The van der Waals surface area contributed by atoms with Gasteiger partial charge in [0, 0.05) is 26.9 Å². The minimum atomic E-state index is -0.378. The Kier molecular flexibility index (Phi) is 6.47. The minimum Gasteiger partial charge on any atom is -0.496 e. The van der Waals surface area contributed by atoms with Gasteiger partial charge in [-0.1, -0.05) is 25.4 Å². The number of benzene rings is 2. The molecule has 0 aliphatic rings. The summed E-state index contributed by atoms with van der Waals surface area (Å²) in [5, 5.41) is 21.7. The number of nitriles is 1. The number of aliphatic hydroxyl groups is 1. The number of aromatic nitrogens is 1. The summed E-state index contributed by atoms with van der Waals surface area (Å²) in [4.78, 5) is 13.1. The Morgan fingerprint density at radius 1 is 1.27 bits per heavy atom. The maximum absolute atomic E-state index is 13.1. The molecule has 1 amide bonds. The molecule has 2 aromatic carbocycles. The largest absolute Gasteiger partial charge is 0.496 e. The molecule has 0 fully saturated rings. The number of hydrogen-bond acceptors (Lipinski definition) is 4. The highest BCUT2D eigenvalue weighted by Gasteiger charge is 2.25. The van der Waals surface area contributed by atoms with Gasteiger partial charge in [-0.15, -0.1) is 0 Å². The molecule has 1 aromatic heterocycles. The van der Waals surface area contributed by atoms with E-state index in [0.29, 0.717) is 35.1 Å². The highest BCUT2D eigenvalue weighted by atomic mass is 35.5. The van der Waals surface area contributed by atoms with Crippen LogP contribution in [-0.2, 0) is 6.54 Å². The molecule has 0 radical (unpaired) electrons. The van der Waals surface area contributed by atoms with Crippen molar-refractivity contribution in [2.45, 2.75) is 20.4 Å². The van der Waals surface area contributed by atoms with Crippen LogP contribution in [-0.4, -0.2) is 35.8 Å². The zero-order valence-electron chi connectivity index (χ0n) is 17.3. The lowest BCUT2D eigenvalue weighted by molar-refractivity contribution is -0.569. The van der Waals surface area contributed by atoms with Gasteiger partial charge in [-0.05, 0) is 42.5 Å². The number of methoxy groups -OCH3 is 1. The second-order valence-corrected chi connectivity index (χ2v) is 8.49. The molecule has 3 rings (SSSR count). The molecule has 0 saturated heterocycles. The van der Waals surface area contributed by atoms with Crippen molar-refractivity contribution >= 4 is 28.4 Å². The van der Waals surface area contributed by atoms with Crippen molar-refractivity contribution in [1.29, 1.82) is 5.26 Å². The number of amides is 1. The van der Waals surface area contributed by atoms with Crippen molar-refractivity contribution in [1.82, 2.24) is 4.57 Å². The van der Waals surface area contributed by atoms with Crippen LogP contribution < -0.4 is 10.1 Å². The number of carbonyl (C=O) groups excluding carboxylic acids is 1. The summed E-state index contributed by atoms with van der Waals surface area (Å²) >= 11 is 6.19. The molecule has 0 saturated carbocycles. The van der Waals surface area contributed by atoms with Gasteiger partial charge in [0.05, 0.1) is 38.4 Å². The van der Waals surface area contributed by atoms with Crippen LogP contribution in [0.1, 0.15) is 35.5 Å². The summed E-state index contributed by atoms with van der Waals surface area (Å²) in [7, 11) is 1.59. The average Bonchev–Trinajstić information content (AvgIpc) is 3.10. The van der Waals surface area contributed by atoms with E-state index in [0.717, 1.165) is 16.5 Å². The van der Waals surface area contributed by atoms with E-state index in [-0.39, 0.29) is 17.9 Å². The Balaban J connectivity index is 2.07. The fourth-order valence-electron chi connectivity index (χ4n) is 3.29. The number of quaternary nitrogens is 1. The molecule has 0 aliphatic carbocycles. The number of ether oxygens (including phenoxy) is 1. The first-order valence-electron chi connectivity index (χ1n) is 9.62. The molecule has 0 unspecified atom stereocenters. The molecule has 156 valence electrons. The monoisotopic (exact) mass is 426 g/mol. The first-order valence-corrected chi connectivity index (χ1v) is 10.00. The van der Waals surface area contributed by atoms with Gasteiger partial charge in [0.25, 0.3) is 0 Å². The SMILES string of the molecule is COc1ccc(Cl)cc1Cn1c(C(=O)[NH2+]CC(C)(C)CO)cc2cc(C#N)ccc21. The quantitative estimate of drug-likeness (QED) is 0.607. The molecular formula is C23H25ClN3O3+. The lowest BCUT2D eigenvalue weighted by Gasteiger charge is -2.18. The topological polar surface area (TPSA) is 91.9 Å². The van der Waals surface area contributed by atoms with E-state index in [2.05, 4.69) is 6.07 Å². The van der Waals surface area contributed by atoms with Crippen LogP contribution in [0.25, 0.3) is 10.9 Å².